The van der Waals surface area contributed by atoms with Gasteiger partial charge in [0.05, 0.1) is 47.8 Å². The van der Waals surface area contributed by atoms with Gasteiger partial charge in [-0.1, -0.05) is 10.3 Å². The van der Waals surface area contributed by atoms with Crippen molar-refractivity contribution in [3.63, 3.8) is 0 Å². The number of hydrogen-bond acceptors (Lipinski definition) is 9. The largest absolute Gasteiger partial charge is 0.444 e. The van der Waals surface area contributed by atoms with E-state index < -0.39 is 23.4 Å². The highest BCUT2D eigenvalue weighted by molar-refractivity contribution is 6.02. The molecule has 0 radical (unpaired) electrons. The lowest BCUT2D eigenvalue weighted by molar-refractivity contribution is -0.0432. The third kappa shape index (κ3) is 3.26. The smallest absolute Gasteiger partial charge is 0.416 e. The van der Waals surface area contributed by atoms with E-state index in [1.54, 1.807) is 0 Å². The van der Waals surface area contributed by atoms with Crippen LogP contribution in [-0.2, 0) is 15.9 Å². The number of benzene rings is 1. The van der Waals surface area contributed by atoms with Crippen LogP contribution < -0.4 is 9.80 Å². The van der Waals surface area contributed by atoms with Crippen LogP contribution in [0.2, 0.25) is 0 Å². The number of azide groups is 1. The number of aliphatic imine (C=N–C) groups is 2. The molecular formula is C22H23FN8O4. The van der Waals surface area contributed by atoms with Gasteiger partial charge >= 0.3 is 6.09 Å². The summed E-state index contributed by atoms with van der Waals surface area (Å²) in [4.78, 5) is 27.4. The summed E-state index contributed by atoms with van der Waals surface area (Å²) in [5.41, 5.74) is 9.16. The SMILES string of the molecule is C[C@@H]1CN2c3c(cc4c(N5C[C@H](CN=[N+]=[N-])OC5=O)noc4c3F)CC3(C=NCN=C3)[C@H]2[C@H](C)O1. The van der Waals surface area contributed by atoms with Crippen molar-refractivity contribution in [3.05, 3.63) is 27.9 Å². The molecule has 35 heavy (non-hydrogen) atoms. The zero-order chi connectivity index (χ0) is 24.3. The molecule has 0 saturated carbocycles. The summed E-state index contributed by atoms with van der Waals surface area (Å²) < 4.78 is 32.9. The number of halogens is 1. The fourth-order valence-electron chi connectivity index (χ4n) is 5.89. The third-order valence-corrected chi connectivity index (χ3v) is 7.06. The minimum atomic E-state index is -0.657. The minimum Gasteiger partial charge on any atom is -0.444 e. The molecule has 5 heterocycles. The highest BCUT2D eigenvalue weighted by Gasteiger charge is 2.52. The van der Waals surface area contributed by atoms with Crippen LogP contribution in [0.15, 0.2) is 25.7 Å². The molecule has 0 N–H and O–H groups in total. The van der Waals surface area contributed by atoms with E-state index in [9.17, 15) is 4.79 Å². The van der Waals surface area contributed by atoms with Gasteiger partial charge in [0.1, 0.15) is 12.8 Å². The van der Waals surface area contributed by atoms with E-state index in [0.717, 1.165) is 5.56 Å². The van der Waals surface area contributed by atoms with Gasteiger partial charge in [0, 0.05) is 23.9 Å². The Morgan fingerprint density at radius 2 is 2.11 bits per heavy atom. The number of carbonyl (C=O) groups excluding carboxylic acids is 1. The second-order valence-electron chi connectivity index (χ2n) is 9.41. The first-order chi connectivity index (χ1) is 16.9. The first-order valence-electron chi connectivity index (χ1n) is 11.5. The quantitative estimate of drug-likeness (QED) is 0.373. The zero-order valence-electron chi connectivity index (χ0n) is 19.2. The van der Waals surface area contributed by atoms with E-state index in [1.807, 2.05) is 37.2 Å². The highest BCUT2D eigenvalue weighted by atomic mass is 19.1. The molecule has 4 atom stereocenters. The molecule has 12 nitrogen and oxygen atoms in total. The highest BCUT2D eigenvalue weighted by Crippen LogP contribution is 2.48. The summed E-state index contributed by atoms with van der Waals surface area (Å²) in [5.74, 6) is -0.360. The summed E-state index contributed by atoms with van der Waals surface area (Å²) in [7, 11) is 0. The fourth-order valence-corrected chi connectivity index (χ4v) is 5.89. The monoisotopic (exact) mass is 482 g/mol. The van der Waals surface area contributed by atoms with E-state index in [0.29, 0.717) is 30.7 Å². The average molecular weight is 482 g/mol. The van der Waals surface area contributed by atoms with Crippen molar-refractivity contribution in [3.8, 4) is 0 Å². The Hall–Kier alpha value is -3.70. The van der Waals surface area contributed by atoms with Crippen molar-refractivity contribution >= 4 is 41.0 Å². The molecule has 0 aliphatic carbocycles. The van der Waals surface area contributed by atoms with Gasteiger partial charge in [0.25, 0.3) is 0 Å². The lowest BCUT2D eigenvalue weighted by Gasteiger charge is -2.54. The lowest BCUT2D eigenvalue weighted by atomic mass is 9.69. The van der Waals surface area contributed by atoms with Crippen molar-refractivity contribution in [2.24, 2.45) is 20.5 Å². The molecule has 4 aliphatic rings. The Morgan fingerprint density at radius 3 is 2.89 bits per heavy atom. The van der Waals surface area contributed by atoms with Crippen LogP contribution in [0.1, 0.15) is 19.4 Å². The summed E-state index contributed by atoms with van der Waals surface area (Å²) in [6.45, 7) is 4.92. The summed E-state index contributed by atoms with van der Waals surface area (Å²) in [5, 5.41) is 7.86. The van der Waals surface area contributed by atoms with Crippen LogP contribution in [0.5, 0.6) is 0 Å². The molecule has 1 spiro atoms. The van der Waals surface area contributed by atoms with Crippen LogP contribution in [0, 0.1) is 11.2 Å². The minimum absolute atomic E-state index is 0.00569. The Labute approximate surface area is 199 Å². The van der Waals surface area contributed by atoms with Crippen LogP contribution in [0.4, 0.5) is 20.7 Å². The maximum Gasteiger partial charge on any atom is 0.416 e. The molecule has 182 valence electrons. The molecule has 1 amide bonds. The number of anilines is 2. The van der Waals surface area contributed by atoms with E-state index in [2.05, 4.69) is 25.2 Å². The van der Waals surface area contributed by atoms with Crippen LogP contribution in [-0.4, -0.2) is 74.3 Å². The topological polar surface area (TPSA) is 142 Å². The Morgan fingerprint density at radius 1 is 1.31 bits per heavy atom. The summed E-state index contributed by atoms with van der Waals surface area (Å²) >= 11 is 0. The van der Waals surface area contributed by atoms with Gasteiger partial charge in [-0.15, -0.1) is 0 Å². The van der Waals surface area contributed by atoms with Crippen LogP contribution >= 0.6 is 0 Å². The van der Waals surface area contributed by atoms with Gasteiger partial charge in [-0.25, -0.2) is 9.18 Å². The maximum atomic E-state index is 16.1. The molecule has 4 aliphatic heterocycles. The van der Waals surface area contributed by atoms with Gasteiger partial charge < -0.3 is 18.9 Å². The summed E-state index contributed by atoms with van der Waals surface area (Å²) in [6, 6.07) is 1.63. The van der Waals surface area contributed by atoms with Gasteiger partial charge in [-0.2, -0.15) is 0 Å². The van der Waals surface area contributed by atoms with E-state index >= 15 is 4.39 Å². The summed E-state index contributed by atoms with van der Waals surface area (Å²) in [6.07, 6.45) is 2.71. The Bertz CT molecular complexity index is 1310. The van der Waals surface area contributed by atoms with Crippen molar-refractivity contribution in [1.82, 2.24) is 5.16 Å². The van der Waals surface area contributed by atoms with Gasteiger partial charge in [-0.3, -0.25) is 14.9 Å². The predicted octanol–water partition coefficient (Wildman–Crippen LogP) is 3.24. The van der Waals surface area contributed by atoms with Crippen molar-refractivity contribution in [1.29, 1.82) is 0 Å². The second kappa shape index (κ2) is 7.92. The normalized spacial score (nSPS) is 28.7. The molecule has 1 aromatic heterocycles. The van der Waals surface area contributed by atoms with E-state index in [-0.39, 0.29) is 42.7 Å². The number of nitrogens with zero attached hydrogens (tertiary/aromatic N) is 8. The fraction of sp³-hybridized carbons (Fsp3) is 0.545. The molecule has 2 fully saturated rings. The van der Waals surface area contributed by atoms with E-state index in [1.165, 1.54) is 4.90 Å². The van der Waals surface area contributed by atoms with Crippen molar-refractivity contribution in [2.75, 3.05) is 36.1 Å². The number of cyclic esters (lactones) is 1. The molecule has 6 rings (SSSR count). The first kappa shape index (κ1) is 21.8. The van der Waals surface area contributed by atoms with E-state index in [4.69, 9.17) is 19.5 Å². The standard InChI is InChI=1S/C22H23FN8O4/c1-11-6-30-17-13(4-22(8-25-10-26-9-22)19(30)12(2)33-11)3-15-18(16(17)23)35-28-20(15)31-7-14(5-27-29-24)34-21(31)32/h3,8-9,11-12,14,19H,4-7,10H2,1-2H3/t11-,12+,14+,19-/m1/s1. The molecule has 2 saturated heterocycles. The molecule has 0 bridgehead atoms. The number of amides is 1. The Balaban J connectivity index is 1.47. The number of aromatic nitrogens is 1. The molecule has 13 heteroatoms. The predicted molar refractivity (Wildman–Crippen MR) is 125 cm³/mol. The number of hydrogen-bond donors (Lipinski definition) is 0. The second-order valence-corrected chi connectivity index (χ2v) is 9.41. The number of morpholine rings is 1. The number of ether oxygens (including phenoxy) is 2. The zero-order valence-corrected chi connectivity index (χ0v) is 19.2. The third-order valence-electron chi connectivity index (χ3n) is 7.06. The molecule has 0 unspecified atom stereocenters. The van der Waals surface area contributed by atoms with Crippen molar-refractivity contribution < 1.29 is 23.2 Å². The molecule has 2 aromatic rings. The first-order valence-corrected chi connectivity index (χ1v) is 11.5. The number of carbonyl (C=O) groups is 1. The van der Waals surface area contributed by atoms with Gasteiger partial charge in [0.2, 0.25) is 5.58 Å². The lowest BCUT2D eigenvalue weighted by Crippen LogP contribution is -2.65. The number of rotatable bonds is 3. The van der Waals surface area contributed by atoms with Gasteiger partial charge in [0.15, 0.2) is 11.6 Å². The Kier molecular flexibility index (Phi) is 4.94. The molecule has 1 aromatic carbocycles. The van der Waals surface area contributed by atoms with Crippen LogP contribution in [0.3, 0.4) is 0 Å². The number of fused-ring (bicyclic) bond motifs is 5. The van der Waals surface area contributed by atoms with Gasteiger partial charge in [-0.05, 0) is 37.4 Å². The molecular weight excluding hydrogens is 459 g/mol. The van der Waals surface area contributed by atoms with Crippen molar-refractivity contribution in [2.45, 2.75) is 44.6 Å². The van der Waals surface area contributed by atoms with Crippen LogP contribution in [0.25, 0.3) is 21.4 Å². The average Bonchev–Trinajstić information content (AvgIpc) is 3.40. The maximum absolute atomic E-state index is 16.1.